The molecule has 1 amide bonds. The van der Waals surface area contributed by atoms with E-state index in [2.05, 4.69) is 29.5 Å². The van der Waals surface area contributed by atoms with Gasteiger partial charge in [0.05, 0.1) is 6.61 Å². The lowest BCUT2D eigenvalue weighted by Gasteiger charge is -2.18. The van der Waals surface area contributed by atoms with Crippen LogP contribution in [0.1, 0.15) is 50.0 Å². The minimum atomic E-state index is 0.0782. The highest BCUT2D eigenvalue weighted by atomic mass is 16.5. The quantitative estimate of drug-likeness (QED) is 0.354. The average Bonchev–Trinajstić information content (AvgIpc) is 2.67. The van der Waals surface area contributed by atoms with E-state index < -0.39 is 0 Å². The van der Waals surface area contributed by atoms with Crippen LogP contribution in [0, 0.1) is 5.92 Å². The van der Waals surface area contributed by atoms with E-state index in [1.807, 2.05) is 43.0 Å². The van der Waals surface area contributed by atoms with Crippen molar-refractivity contribution < 1.29 is 9.53 Å². The fraction of sp³-hybridized carbons (Fsp3) is 0.619. The summed E-state index contributed by atoms with van der Waals surface area (Å²) in [5, 5.41) is 6.52. The van der Waals surface area contributed by atoms with Crippen molar-refractivity contribution in [3.63, 3.8) is 0 Å². The number of carbonyl (C=O) groups is 1. The van der Waals surface area contributed by atoms with Gasteiger partial charge in [0.25, 0.3) is 5.91 Å². The molecule has 0 spiro atoms. The molecular weight excluding hydrogens is 340 g/mol. The van der Waals surface area contributed by atoms with E-state index in [0.717, 1.165) is 49.7 Å². The van der Waals surface area contributed by atoms with E-state index in [1.165, 1.54) is 0 Å². The Hall–Kier alpha value is -2.08. The molecule has 0 saturated carbocycles. The normalized spacial score (nSPS) is 11.6. The van der Waals surface area contributed by atoms with Gasteiger partial charge in [-0.3, -0.25) is 9.79 Å². The summed E-state index contributed by atoms with van der Waals surface area (Å²) in [4.78, 5) is 18.4. The lowest BCUT2D eigenvalue weighted by Crippen LogP contribution is -2.38. The summed E-state index contributed by atoms with van der Waals surface area (Å²) in [5.74, 6) is 1.49. The van der Waals surface area contributed by atoms with Crippen molar-refractivity contribution >= 4 is 11.9 Å². The third-order valence-electron chi connectivity index (χ3n) is 4.31. The van der Waals surface area contributed by atoms with Crippen molar-refractivity contribution in [2.24, 2.45) is 10.9 Å². The number of carbonyl (C=O) groups excluding carboxylic acids is 1. The Bertz CT molecular complexity index is 566. The summed E-state index contributed by atoms with van der Waals surface area (Å²) in [6, 6.07) is 7.73. The van der Waals surface area contributed by atoms with E-state index in [1.54, 1.807) is 7.05 Å². The topological polar surface area (TPSA) is 66.0 Å². The maximum Gasteiger partial charge on any atom is 0.253 e. The number of hydrogen-bond acceptors (Lipinski definition) is 3. The van der Waals surface area contributed by atoms with E-state index in [9.17, 15) is 4.79 Å². The molecule has 0 aromatic heterocycles. The molecule has 0 aliphatic heterocycles. The second kappa shape index (κ2) is 13.1. The molecule has 1 aromatic rings. The molecule has 0 fully saturated rings. The highest BCUT2D eigenvalue weighted by Gasteiger charge is 2.11. The predicted molar refractivity (Wildman–Crippen MR) is 112 cm³/mol. The highest BCUT2D eigenvalue weighted by Crippen LogP contribution is 2.08. The zero-order chi connectivity index (χ0) is 20.1. The lowest BCUT2D eigenvalue weighted by atomic mass is 10.1. The number of nitrogens with zero attached hydrogens (tertiary/aromatic N) is 2. The van der Waals surface area contributed by atoms with Gasteiger partial charge in [-0.25, -0.2) is 0 Å². The molecule has 6 heteroatoms. The van der Waals surface area contributed by atoms with Crippen LogP contribution in [0.4, 0.5) is 0 Å². The zero-order valence-electron chi connectivity index (χ0n) is 17.5. The van der Waals surface area contributed by atoms with Gasteiger partial charge in [0, 0.05) is 45.4 Å². The van der Waals surface area contributed by atoms with Gasteiger partial charge in [0.15, 0.2) is 5.96 Å². The van der Waals surface area contributed by atoms with Crippen molar-refractivity contribution in [1.29, 1.82) is 0 Å². The van der Waals surface area contributed by atoms with Crippen LogP contribution < -0.4 is 10.6 Å². The van der Waals surface area contributed by atoms with Gasteiger partial charge < -0.3 is 20.3 Å². The van der Waals surface area contributed by atoms with E-state index in [-0.39, 0.29) is 5.91 Å². The second-order valence-corrected chi connectivity index (χ2v) is 6.82. The fourth-order valence-electron chi connectivity index (χ4n) is 2.53. The van der Waals surface area contributed by atoms with Crippen molar-refractivity contribution in [2.75, 3.05) is 39.9 Å². The van der Waals surface area contributed by atoms with Gasteiger partial charge in [-0.15, -0.1) is 0 Å². The molecule has 0 aliphatic carbocycles. The lowest BCUT2D eigenvalue weighted by molar-refractivity contribution is 0.0773. The minimum Gasteiger partial charge on any atom is -0.380 e. The van der Waals surface area contributed by atoms with Crippen LogP contribution in [0.15, 0.2) is 29.3 Å². The molecule has 6 nitrogen and oxygen atoms in total. The van der Waals surface area contributed by atoms with Crippen LogP contribution in [-0.4, -0.2) is 56.7 Å². The second-order valence-electron chi connectivity index (χ2n) is 6.82. The molecule has 2 N–H and O–H groups in total. The Balaban J connectivity index is 2.37. The Morgan fingerprint density at radius 2 is 1.78 bits per heavy atom. The number of guanidine groups is 1. The fourth-order valence-corrected chi connectivity index (χ4v) is 2.53. The van der Waals surface area contributed by atoms with Gasteiger partial charge in [-0.1, -0.05) is 26.0 Å². The van der Waals surface area contributed by atoms with Crippen LogP contribution >= 0.6 is 0 Å². The van der Waals surface area contributed by atoms with Crippen molar-refractivity contribution in [3.8, 4) is 0 Å². The van der Waals surface area contributed by atoms with Crippen LogP contribution in [-0.2, 0) is 11.3 Å². The molecular formula is C21H36N4O2. The summed E-state index contributed by atoms with van der Waals surface area (Å²) < 4.78 is 5.59. The molecule has 0 unspecified atom stereocenters. The molecule has 27 heavy (non-hydrogen) atoms. The van der Waals surface area contributed by atoms with Gasteiger partial charge in [0.1, 0.15) is 0 Å². The first-order chi connectivity index (χ1) is 13.0. The minimum absolute atomic E-state index is 0.0782. The number of benzene rings is 1. The van der Waals surface area contributed by atoms with E-state index >= 15 is 0 Å². The molecule has 0 heterocycles. The highest BCUT2D eigenvalue weighted by molar-refractivity contribution is 5.94. The van der Waals surface area contributed by atoms with Gasteiger partial charge in [-0.2, -0.15) is 0 Å². The van der Waals surface area contributed by atoms with Crippen molar-refractivity contribution in [3.05, 3.63) is 35.4 Å². The largest absolute Gasteiger partial charge is 0.380 e. The van der Waals surface area contributed by atoms with Crippen molar-refractivity contribution in [2.45, 2.75) is 40.7 Å². The first-order valence-corrected chi connectivity index (χ1v) is 9.92. The van der Waals surface area contributed by atoms with Crippen LogP contribution in [0.3, 0.4) is 0 Å². The van der Waals surface area contributed by atoms with Crippen molar-refractivity contribution in [1.82, 2.24) is 15.5 Å². The molecule has 0 aliphatic rings. The van der Waals surface area contributed by atoms with Gasteiger partial charge >= 0.3 is 0 Å². The summed E-state index contributed by atoms with van der Waals surface area (Å²) in [6.45, 7) is 12.6. The number of aliphatic imine (C=N–C) groups is 1. The number of amides is 1. The third kappa shape index (κ3) is 8.91. The summed E-state index contributed by atoms with van der Waals surface area (Å²) in [7, 11) is 1.75. The van der Waals surface area contributed by atoms with Gasteiger partial charge in [0.2, 0.25) is 0 Å². The Morgan fingerprint density at radius 3 is 2.33 bits per heavy atom. The van der Waals surface area contributed by atoms with Crippen LogP contribution in [0.2, 0.25) is 0 Å². The zero-order valence-corrected chi connectivity index (χ0v) is 17.5. The first-order valence-electron chi connectivity index (χ1n) is 9.92. The number of nitrogens with one attached hydrogen (secondary N) is 2. The van der Waals surface area contributed by atoms with E-state index in [0.29, 0.717) is 19.1 Å². The standard InChI is InChI=1S/C21H36N4O2/c1-6-25(7-2)20(26)19-10-8-18(9-11-19)16-24-21(22-5)23-13-15-27-14-12-17(3)4/h8-11,17H,6-7,12-16H2,1-5H3,(H2,22,23,24). The summed E-state index contributed by atoms with van der Waals surface area (Å²) >= 11 is 0. The first kappa shape index (κ1) is 23.0. The smallest absolute Gasteiger partial charge is 0.253 e. The van der Waals surface area contributed by atoms with Crippen LogP contribution in [0.25, 0.3) is 0 Å². The number of hydrogen-bond donors (Lipinski definition) is 2. The molecule has 1 rings (SSSR count). The predicted octanol–water partition coefficient (Wildman–Crippen LogP) is 2.90. The molecule has 1 aromatic carbocycles. The summed E-state index contributed by atoms with van der Waals surface area (Å²) in [5.41, 5.74) is 1.82. The Kier molecular flexibility index (Phi) is 11.2. The maximum absolute atomic E-state index is 12.3. The number of ether oxygens (including phenoxy) is 1. The third-order valence-corrected chi connectivity index (χ3v) is 4.31. The molecule has 0 bridgehead atoms. The van der Waals surface area contributed by atoms with E-state index in [4.69, 9.17) is 4.74 Å². The monoisotopic (exact) mass is 376 g/mol. The summed E-state index contributed by atoms with van der Waals surface area (Å²) in [6.07, 6.45) is 1.08. The molecule has 0 radical (unpaired) electrons. The van der Waals surface area contributed by atoms with Gasteiger partial charge in [-0.05, 0) is 43.9 Å². The Labute approximate surface area is 164 Å². The maximum atomic E-state index is 12.3. The molecule has 0 atom stereocenters. The molecule has 152 valence electrons. The number of rotatable bonds is 11. The average molecular weight is 377 g/mol. The Morgan fingerprint density at radius 1 is 1.11 bits per heavy atom. The SMILES string of the molecule is CCN(CC)C(=O)c1ccc(CNC(=NC)NCCOCCC(C)C)cc1. The van der Waals surface area contributed by atoms with Crippen LogP contribution in [0.5, 0.6) is 0 Å². The molecule has 0 saturated heterocycles.